The summed E-state index contributed by atoms with van der Waals surface area (Å²) in [6.07, 6.45) is 1.74. The Kier molecular flexibility index (Phi) is 2.80. The third-order valence-corrected chi connectivity index (χ3v) is 1.95. The second kappa shape index (κ2) is 4.43. The molecule has 0 unspecified atom stereocenters. The highest BCUT2D eigenvalue weighted by molar-refractivity contribution is 5.41. The summed E-state index contributed by atoms with van der Waals surface area (Å²) in [5.41, 5.74) is 2.77. The molecule has 0 aliphatic heterocycles. The van der Waals surface area contributed by atoms with E-state index < -0.39 is 0 Å². The molecule has 15 heavy (non-hydrogen) atoms. The molecular formula is C14H10N. The summed E-state index contributed by atoms with van der Waals surface area (Å²) in [7, 11) is 0. The van der Waals surface area contributed by atoms with Crippen molar-refractivity contribution >= 4 is 0 Å². The van der Waals surface area contributed by atoms with E-state index in [4.69, 9.17) is 0 Å². The van der Waals surface area contributed by atoms with Crippen LogP contribution in [-0.2, 0) is 0 Å². The van der Waals surface area contributed by atoms with Crippen LogP contribution in [0.1, 0.15) is 16.8 Å². The minimum Gasteiger partial charge on any atom is -0.248 e. The van der Waals surface area contributed by atoms with Gasteiger partial charge in [0.15, 0.2) is 0 Å². The first kappa shape index (κ1) is 9.48. The first-order valence-corrected chi connectivity index (χ1v) is 4.70. The molecule has 0 amide bonds. The van der Waals surface area contributed by atoms with Crippen LogP contribution >= 0.6 is 0 Å². The highest BCUT2D eigenvalue weighted by Gasteiger charge is 1.87. The summed E-state index contributed by atoms with van der Waals surface area (Å²) in [6.45, 7) is 3.82. The SMILES string of the molecule is [CH2]c1ccc(C#Cc2ccccn2)cc1. The molecule has 0 N–H and O–H groups in total. The van der Waals surface area contributed by atoms with Gasteiger partial charge in [0.05, 0.1) is 0 Å². The van der Waals surface area contributed by atoms with Gasteiger partial charge in [0.2, 0.25) is 0 Å². The van der Waals surface area contributed by atoms with Gasteiger partial charge < -0.3 is 0 Å². The van der Waals surface area contributed by atoms with Crippen LogP contribution in [0, 0.1) is 18.8 Å². The fraction of sp³-hybridized carbons (Fsp3) is 0. The molecule has 1 aromatic heterocycles. The maximum Gasteiger partial charge on any atom is 0.113 e. The standard InChI is InChI=1S/C14H10N/c1-12-5-7-13(8-6-12)9-10-14-4-2-3-11-15-14/h2-8,11H,1H2. The lowest BCUT2D eigenvalue weighted by Gasteiger charge is -1.91. The molecule has 0 aliphatic carbocycles. The topological polar surface area (TPSA) is 12.9 Å². The Balaban J connectivity index is 2.22. The molecular weight excluding hydrogens is 182 g/mol. The Bertz CT molecular complexity index is 486. The van der Waals surface area contributed by atoms with Crippen LogP contribution < -0.4 is 0 Å². The van der Waals surface area contributed by atoms with Gasteiger partial charge in [-0.25, -0.2) is 4.98 Å². The summed E-state index contributed by atoms with van der Waals surface area (Å²) in [6, 6.07) is 13.5. The molecule has 2 rings (SSSR count). The number of aromatic nitrogens is 1. The second-order valence-electron chi connectivity index (χ2n) is 3.16. The van der Waals surface area contributed by atoms with Crippen LogP contribution in [0.5, 0.6) is 0 Å². The van der Waals surface area contributed by atoms with Crippen LogP contribution in [0.2, 0.25) is 0 Å². The Morgan fingerprint density at radius 2 is 1.73 bits per heavy atom. The van der Waals surface area contributed by atoms with Crippen molar-refractivity contribution in [2.75, 3.05) is 0 Å². The zero-order chi connectivity index (χ0) is 10.5. The second-order valence-corrected chi connectivity index (χ2v) is 3.16. The van der Waals surface area contributed by atoms with E-state index in [1.807, 2.05) is 42.5 Å². The third kappa shape index (κ3) is 2.69. The lowest BCUT2D eigenvalue weighted by Crippen LogP contribution is -1.79. The van der Waals surface area contributed by atoms with Gasteiger partial charge in [-0.1, -0.05) is 24.1 Å². The maximum absolute atomic E-state index is 4.13. The van der Waals surface area contributed by atoms with E-state index in [-0.39, 0.29) is 0 Å². The fourth-order valence-electron chi connectivity index (χ4n) is 1.16. The average Bonchev–Trinajstić information content (AvgIpc) is 2.30. The van der Waals surface area contributed by atoms with E-state index in [0.29, 0.717) is 0 Å². The Hall–Kier alpha value is -2.07. The highest BCUT2D eigenvalue weighted by atomic mass is 14.6. The molecule has 1 aromatic carbocycles. The third-order valence-electron chi connectivity index (χ3n) is 1.95. The lowest BCUT2D eigenvalue weighted by atomic mass is 10.1. The van der Waals surface area contributed by atoms with E-state index >= 15 is 0 Å². The molecule has 1 heteroatoms. The maximum atomic E-state index is 4.13. The summed E-state index contributed by atoms with van der Waals surface area (Å²) in [4.78, 5) is 4.13. The van der Waals surface area contributed by atoms with Crippen LogP contribution in [0.25, 0.3) is 0 Å². The highest BCUT2D eigenvalue weighted by Crippen LogP contribution is 2.01. The molecule has 0 spiro atoms. The largest absolute Gasteiger partial charge is 0.248 e. The van der Waals surface area contributed by atoms with Gasteiger partial charge >= 0.3 is 0 Å². The van der Waals surface area contributed by atoms with Crippen molar-refractivity contribution < 1.29 is 0 Å². The summed E-state index contributed by atoms with van der Waals surface area (Å²) >= 11 is 0. The molecule has 0 saturated heterocycles. The van der Waals surface area contributed by atoms with Crippen molar-refractivity contribution in [3.05, 3.63) is 72.4 Å². The van der Waals surface area contributed by atoms with Crippen LogP contribution in [-0.4, -0.2) is 4.98 Å². The molecule has 0 aliphatic rings. The van der Waals surface area contributed by atoms with Crippen molar-refractivity contribution in [3.63, 3.8) is 0 Å². The smallest absolute Gasteiger partial charge is 0.113 e. The average molecular weight is 192 g/mol. The molecule has 0 fully saturated rings. The van der Waals surface area contributed by atoms with Gasteiger partial charge in [-0.2, -0.15) is 0 Å². The molecule has 71 valence electrons. The minimum absolute atomic E-state index is 0.788. The van der Waals surface area contributed by atoms with E-state index in [1.54, 1.807) is 6.20 Å². The molecule has 1 heterocycles. The molecule has 0 bridgehead atoms. The van der Waals surface area contributed by atoms with Gasteiger partial charge in [-0.05, 0) is 42.7 Å². The zero-order valence-corrected chi connectivity index (χ0v) is 8.27. The van der Waals surface area contributed by atoms with E-state index in [9.17, 15) is 0 Å². The predicted octanol–water partition coefficient (Wildman–Crippen LogP) is 2.66. The fourth-order valence-corrected chi connectivity index (χ4v) is 1.16. The zero-order valence-electron chi connectivity index (χ0n) is 8.27. The van der Waals surface area contributed by atoms with E-state index in [2.05, 4.69) is 23.7 Å². The number of hydrogen-bond donors (Lipinski definition) is 0. The predicted molar refractivity (Wildman–Crippen MR) is 61.1 cm³/mol. The molecule has 2 aromatic rings. The van der Waals surface area contributed by atoms with E-state index in [1.165, 1.54) is 0 Å². The van der Waals surface area contributed by atoms with Gasteiger partial charge in [0, 0.05) is 11.8 Å². The normalized spacial score (nSPS) is 9.13. The number of benzene rings is 1. The first-order valence-electron chi connectivity index (χ1n) is 4.70. The van der Waals surface area contributed by atoms with E-state index in [0.717, 1.165) is 16.8 Å². The summed E-state index contributed by atoms with van der Waals surface area (Å²) in [5.74, 6) is 6.05. The quantitative estimate of drug-likeness (QED) is 0.585. The van der Waals surface area contributed by atoms with Crippen LogP contribution in [0.15, 0.2) is 48.7 Å². The van der Waals surface area contributed by atoms with Gasteiger partial charge in [0.25, 0.3) is 0 Å². The van der Waals surface area contributed by atoms with Crippen molar-refractivity contribution in [2.24, 2.45) is 0 Å². The Labute approximate surface area is 89.8 Å². The van der Waals surface area contributed by atoms with Crippen LogP contribution in [0.4, 0.5) is 0 Å². The van der Waals surface area contributed by atoms with Crippen molar-refractivity contribution in [1.29, 1.82) is 0 Å². The Morgan fingerprint density at radius 3 is 2.40 bits per heavy atom. The monoisotopic (exact) mass is 192 g/mol. The van der Waals surface area contributed by atoms with Crippen molar-refractivity contribution in [3.8, 4) is 11.8 Å². The molecule has 1 radical (unpaired) electrons. The van der Waals surface area contributed by atoms with Gasteiger partial charge in [-0.3, -0.25) is 0 Å². The van der Waals surface area contributed by atoms with Gasteiger partial charge in [0.1, 0.15) is 5.69 Å². The first-order chi connectivity index (χ1) is 7.34. The molecule has 0 saturated carbocycles. The summed E-state index contributed by atoms with van der Waals surface area (Å²) < 4.78 is 0. The number of rotatable bonds is 0. The lowest BCUT2D eigenvalue weighted by molar-refractivity contribution is 1.29. The molecule has 0 atom stereocenters. The summed E-state index contributed by atoms with van der Waals surface area (Å²) in [5, 5.41) is 0. The number of pyridine rings is 1. The number of hydrogen-bond acceptors (Lipinski definition) is 1. The van der Waals surface area contributed by atoms with Crippen LogP contribution in [0.3, 0.4) is 0 Å². The molecule has 1 nitrogen and oxygen atoms in total. The minimum atomic E-state index is 0.788. The van der Waals surface area contributed by atoms with Gasteiger partial charge in [-0.15, -0.1) is 0 Å². The number of nitrogens with zero attached hydrogens (tertiary/aromatic N) is 1. The Morgan fingerprint density at radius 1 is 0.933 bits per heavy atom. The van der Waals surface area contributed by atoms with Crippen molar-refractivity contribution in [1.82, 2.24) is 4.98 Å². The van der Waals surface area contributed by atoms with Crippen molar-refractivity contribution in [2.45, 2.75) is 0 Å².